The smallest absolute Gasteiger partial charge is 0.410 e. The fraction of sp³-hybridized carbons (Fsp3) is 0.588. The fourth-order valence-electron chi connectivity index (χ4n) is 7.66. The molecular formula is C51H81N9O10S. The van der Waals surface area contributed by atoms with Crippen LogP contribution in [0.4, 0.5) is 9.59 Å². The van der Waals surface area contributed by atoms with Crippen LogP contribution in [-0.4, -0.2) is 116 Å². The molecule has 2 aromatic carbocycles. The molecule has 0 unspecified atom stereocenters. The number of nitrogens with one attached hydrogen (secondary N) is 5. The molecule has 0 saturated heterocycles. The minimum atomic E-state index is -4.23. The number of amides is 8. The van der Waals surface area contributed by atoms with Crippen LogP contribution in [0.5, 0.6) is 0 Å². The number of benzene rings is 2. The van der Waals surface area contributed by atoms with Crippen molar-refractivity contribution >= 4 is 51.7 Å². The third-order valence-electron chi connectivity index (χ3n) is 11.9. The van der Waals surface area contributed by atoms with Gasteiger partial charge in [-0.1, -0.05) is 123 Å². The van der Waals surface area contributed by atoms with Gasteiger partial charge in [-0.05, 0) is 74.5 Å². The van der Waals surface area contributed by atoms with Crippen LogP contribution in [0.3, 0.4) is 0 Å². The Morgan fingerprint density at radius 3 is 1.82 bits per heavy atom. The van der Waals surface area contributed by atoms with Gasteiger partial charge in [-0.3, -0.25) is 28.9 Å². The Labute approximate surface area is 421 Å². The lowest BCUT2D eigenvalue weighted by molar-refractivity contribution is -0.141. The van der Waals surface area contributed by atoms with Gasteiger partial charge >= 0.3 is 12.1 Å². The van der Waals surface area contributed by atoms with Gasteiger partial charge in [-0.25, -0.2) is 22.7 Å². The summed E-state index contributed by atoms with van der Waals surface area (Å²) in [7, 11) is -1.19. The van der Waals surface area contributed by atoms with Crippen LogP contribution in [0.15, 0.2) is 66.2 Å². The molecule has 8 amide bonds. The molecule has 2 aromatic rings. The molecule has 0 aliphatic carbocycles. The molecule has 0 aliphatic rings. The standard InChI is InChI=1S/C51H81N9O10S/c1-31(2)38(59(14)46(65)40(49(6,7)8)57-45(64)41(60(15)48(67)70-50(9,10)11)51(12,13)36-20-17-16-18-21-36)28-33(5)42(61)58-71(68,69)30-35-25-23-34(24-26-35)29-55-43(62)37(22-19-27-54-47(53)66)56-44(63)39(52)32(3)4/h16-18,20-21,23-26,28,31-32,37-41H,19,22,27,29-30,52H2,1-15H3,(H,55,62)(H,56,63)(H,57,64)(H,58,61)(H3,53,54,66)/b33-28+/t37-,38+,39-,40+,41+/m0/s1. The Morgan fingerprint density at radius 2 is 1.31 bits per heavy atom. The Hall–Kier alpha value is -6.02. The quantitative estimate of drug-likeness (QED) is 0.0608. The second-order valence-electron chi connectivity index (χ2n) is 21.4. The van der Waals surface area contributed by atoms with E-state index in [2.05, 4.69) is 26.0 Å². The highest BCUT2D eigenvalue weighted by Crippen LogP contribution is 2.32. The van der Waals surface area contributed by atoms with Crippen molar-refractivity contribution in [1.29, 1.82) is 0 Å². The summed E-state index contributed by atoms with van der Waals surface area (Å²) in [6, 6.07) is 10.1. The first kappa shape index (κ1) is 61.1. The van der Waals surface area contributed by atoms with Crippen LogP contribution in [0, 0.1) is 17.3 Å². The number of nitrogens with two attached hydrogens (primary N) is 2. The van der Waals surface area contributed by atoms with Crippen molar-refractivity contribution in [2.45, 2.75) is 156 Å². The minimum absolute atomic E-state index is 0.0304. The zero-order chi connectivity index (χ0) is 54.4. The Kier molecular flexibility index (Phi) is 22.3. The molecule has 0 heterocycles. The number of carbonyl (C=O) groups excluding carboxylic acids is 7. The summed E-state index contributed by atoms with van der Waals surface area (Å²) >= 11 is 0. The summed E-state index contributed by atoms with van der Waals surface area (Å²) in [5, 5.41) is 10.9. The zero-order valence-corrected chi connectivity index (χ0v) is 45.2. The number of ether oxygens (including phenoxy) is 1. The molecule has 0 saturated carbocycles. The number of nitrogens with zero attached hydrogens (tertiary/aromatic N) is 2. The van der Waals surface area contributed by atoms with Gasteiger partial charge in [0.15, 0.2) is 0 Å². The van der Waals surface area contributed by atoms with Gasteiger partial charge in [0, 0.05) is 38.2 Å². The second kappa shape index (κ2) is 25.9. The molecule has 5 atom stereocenters. The molecule has 396 valence electrons. The first-order valence-corrected chi connectivity index (χ1v) is 25.5. The molecular weight excluding hydrogens is 931 g/mol. The number of primary amides is 1. The zero-order valence-electron chi connectivity index (χ0n) is 44.4. The van der Waals surface area contributed by atoms with E-state index >= 15 is 0 Å². The summed E-state index contributed by atoms with van der Waals surface area (Å²) in [5.74, 6) is -3.94. The molecule has 0 aromatic heterocycles. The molecule has 19 nitrogen and oxygen atoms in total. The van der Waals surface area contributed by atoms with Crippen molar-refractivity contribution in [2.75, 3.05) is 20.6 Å². The van der Waals surface area contributed by atoms with Gasteiger partial charge in [-0.15, -0.1) is 0 Å². The van der Waals surface area contributed by atoms with Gasteiger partial charge in [0.25, 0.3) is 5.91 Å². The SMILES string of the molecule is C/C(=C\[C@H](C(C)C)N(C)C(=O)[C@@H](NC(=O)[C@@H](N(C)C(=O)OC(C)(C)C)C(C)(C)c1ccccc1)C(C)(C)C)C(=O)NS(=O)(=O)Cc1ccc(CNC(=O)[C@H](CCCNC(N)=O)NC(=O)[C@@H](N)C(C)C)cc1. The van der Waals surface area contributed by atoms with Crippen LogP contribution in [0.2, 0.25) is 0 Å². The topological polar surface area (TPSA) is 282 Å². The predicted molar refractivity (Wildman–Crippen MR) is 274 cm³/mol. The van der Waals surface area contributed by atoms with Gasteiger partial charge in [-0.2, -0.15) is 0 Å². The van der Waals surface area contributed by atoms with Crippen molar-refractivity contribution < 1.29 is 46.7 Å². The molecule has 0 aliphatic heterocycles. The summed E-state index contributed by atoms with van der Waals surface area (Å²) in [6.45, 7) is 23.2. The molecule has 0 bridgehead atoms. The van der Waals surface area contributed by atoms with Crippen molar-refractivity contribution in [3.63, 3.8) is 0 Å². The number of likely N-dealkylation sites (N-methyl/N-ethyl adjacent to an activating group) is 2. The van der Waals surface area contributed by atoms with Crippen molar-refractivity contribution in [2.24, 2.45) is 28.7 Å². The number of hydrogen-bond donors (Lipinski definition) is 7. The molecule has 0 spiro atoms. The number of hydrogen-bond acceptors (Lipinski definition) is 11. The number of carbonyl (C=O) groups is 7. The van der Waals surface area contributed by atoms with Gasteiger partial charge in [0.05, 0.1) is 17.8 Å². The largest absolute Gasteiger partial charge is 0.444 e. The molecule has 71 heavy (non-hydrogen) atoms. The normalized spacial score (nSPS) is 14.5. The third kappa shape index (κ3) is 19.3. The van der Waals surface area contributed by atoms with E-state index in [0.717, 1.165) is 5.56 Å². The van der Waals surface area contributed by atoms with Crippen molar-refractivity contribution in [1.82, 2.24) is 35.8 Å². The number of sulfonamides is 1. The lowest BCUT2D eigenvalue weighted by Gasteiger charge is -2.42. The minimum Gasteiger partial charge on any atom is -0.444 e. The van der Waals surface area contributed by atoms with Crippen LogP contribution < -0.4 is 37.5 Å². The van der Waals surface area contributed by atoms with Crippen LogP contribution in [0.25, 0.3) is 0 Å². The highest BCUT2D eigenvalue weighted by molar-refractivity contribution is 7.89. The molecule has 9 N–H and O–H groups in total. The molecule has 20 heteroatoms. The van der Waals surface area contributed by atoms with E-state index in [1.807, 2.05) is 58.0 Å². The number of urea groups is 1. The highest BCUT2D eigenvalue weighted by Gasteiger charge is 2.46. The Bertz CT molecular complexity index is 2310. The Morgan fingerprint density at radius 1 is 0.746 bits per heavy atom. The first-order valence-electron chi connectivity index (χ1n) is 23.9. The average molecular weight is 1010 g/mol. The lowest BCUT2D eigenvalue weighted by atomic mass is 9.76. The van der Waals surface area contributed by atoms with E-state index in [4.69, 9.17) is 16.2 Å². The molecule has 0 fully saturated rings. The average Bonchev–Trinajstić information content (AvgIpc) is 3.25. The molecule has 0 radical (unpaired) electrons. The van der Waals surface area contributed by atoms with Crippen molar-refractivity contribution in [3.05, 3.63) is 82.9 Å². The summed E-state index contributed by atoms with van der Waals surface area (Å²) in [5.41, 5.74) is 10.2. The number of rotatable bonds is 23. The van der Waals surface area contributed by atoms with E-state index in [-0.39, 0.29) is 36.9 Å². The summed E-state index contributed by atoms with van der Waals surface area (Å²) in [6.07, 6.45) is 1.33. The van der Waals surface area contributed by atoms with E-state index in [1.54, 1.807) is 86.7 Å². The fourth-order valence-corrected chi connectivity index (χ4v) is 8.80. The van der Waals surface area contributed by atoms with E-state index in [0.29, 0.717) is 17.5 Å². The second-order valence-corrected chi connectivity index (χ2v) is 23.1. The van der Waals surface area contributed by atoms with E-state index < -0.39 is 104 Å². The predicted octanol–water partition coefficient (Wildman–Crippen LogP) is 4.34. The van der Waals surface area contributed by atoms with Crippen molar-refractivity contribution in [3.8, 4) is 0 Å². The molecule has 2 rings (SSSR count). The monoisotopic (exact) mass is 1010 g/mol. The third-order valence-corrected chi connectivity index (χ3v) is 13.1. The Balaban J connectivity index is 2.26. The summed E-state index contributed by atoms with van der Waals surface area (Å²) < 4.78 is 34.4. The highest BCUT2D eigenvalue weighted by atomic mass is 32.2. The van der Waals surface area contributed by atoms with E-state index in [1.165, 1.54) is 29.8 Å². The maximum atomic E-state index is 14.6. The van der Waals surface area contributed by atoms with Crippen LogP contribution in [0.1, 0.15) is 120 Å². The first-order chi connectivity index (χ1) is 32.6. The van der Waals surface area contributed by atoms with Crippen LogP contribution >= 0.6 is 0 Å². The lowest BCUT2D eigenvalue weighted by Crippen LogP contribution is -2.63. The van der Waals surface area contributed by atoms with Gasteiger partial charge in [0.1, 0.15) is 23.7 Å². The van der Waals surface area contributed by atoms with Gasteiger partial charge < -0.3 is 42.4 Å². The summed E-state index contributed by atoms with van der Waals surface area (Å²) in [4.78, 5) is 95.8. The maximum Gasteiger partial charge on any atom is 0.410 e. The maximum absolute atomic E-state index is 14.6. The van der Waals surface area contributed by atoms with E-state index in [9.17, 15) is 42.0 Å². The van der Waals surface area contributed by atoms with Crippen LogP contribution in [-0.2, 0) is 56.4 Å². The van der Waals surface area contributed by atoms with Gasteiger partial charge in [0.2, 0.25) is 33.7 Å².